The van der Waals surface area contributed by atoms with Gasteiger partial charge < -0.3 is 15.0 Å². The van der Waals surface area contributed by atoms with Crippen molar-refractivity contribution < 1.29 is 14.3 Å². The number of carbonyl (C=O) groups excluding carboxylic acids is 2. The number of benzene rings is 1. The van der Waals surface area contributed by atoms with Gasteiger partial charge in [0.1, 0.15) is 6.04 Å². The van der Waals surface area contributed by atoms with Crippen LogP contribution in [-0.2, 0) is 9.53 Å². The molecule has 1 amide bonds. The van der Waals surface area contributed by atoms with Gasteiger partial charge >= 0.3 is 0 Å². The van der Waals surface area contributed by atoms with Gasteiger partial charge in [0, 0.05) is 23.8 Å². The Balaban J connectivity index is 2.30. The van der Waals surface area contributed by atoms with Crippen molar-refractivity contribution in [1.29, 1.82) is 0 Å². The predicted molar refractivity (Wildman–Crippen MR) is 81.8 cm³/mol. The fraction of sp³-hybridized carbons (Fsp3) is 0.500. The van der Waals surface area contributed by atoms with E-state index in [1.165, 1.54) is 0 Å². The molecule has 1 fully saturated rings. The van der Waals surface area contributed by atoms with E-state index in [0.29, 0.717) is 25.3 Å². The highest BCUT2D eigenvalue weighted by Gasteiger charge is 2.31. The number of nitrogens with zero attached hydrogens (tertiary/aromatic N) is 1. The Morgan fingerprint density at radius 3 is 2.90 bits per heavy atom. The van der Waals surface area contributed by atoms with Gasteiger partial charge in [0.25, 0.3) is 0 Å². The first-order valence-corrected chi connectivity index (χ1v) is 7.23. The van der Waals surface area contributed by atoms with Gasteiger partial charge in [0.05, 0.1) is 13.2 Å². The molecule has 0 radical (unpaired) electrons. The minimum Gasteiger partial charge on any atom is -0.377 e. The highest BCUT2D eigenvalue weighted by atomic mass is 16.5. The lowest BCUT2D eigenvalue weighted by Crippen LogP contribution is -2.55. The molecule has 0 saturated carbocycles. The molecule has 21 heavy (non-hydrogen) atoms. The van der Waals surface area contributed by atoms with Crippen LogP contribution in [0.4, 0.5) is 5.69 Å². The summed E-state index contributed by atoms with van der Waals surface area (Å²) in [4.78, 5) is 25.6. The molecule has 5 nitrogen and oxygen atoms in total. The molecule has 114 valence electrons. The van der Waals surface area contributed by atoms with E-state index in [-0.39, 0.29) is 11.9 Å². The SMILES string of the molecule is Cc1ccc(N2CCOCC2C(=O)NC(C)C)c(C=O)c1. The monoisotopic (exact) mass is 290 g/mol. The first-order chi connectivity index (χ1) is 10.0. The summed E-state index contributed by atoms with van der Waals surface area (Å²) in [7, 11) is 0. The van der Waals surface area contributed by atoms with Crippen molar-refractivity contribution in [2.24, 2.45) is 0 Å². The Labute approximate surface area is 125 Å². The molecule has 5 heteroatoms. The number of carbonyl (C=O) groups is 2. The van der Waals surface area contributed by atoms with E-state index in [1.807, 2.05) is 43.9 Å². The topological polar surface area (TPSA) is 58.6 Å². The summed E-state index contributed by atoms with van der Waals surface area (Å²) in [6, 6.07) is 5.37. The molecule has 0 aromatic heterocycles. The van der Waals surface area contributed by atoms with Gasteiger partial charge in [0.2, 0.25) is 5.91 Å². The van der Waals surface area contributed by atoms with E-state index in [4.69, 9.17) is 4.74 Å². The van der Waals surface area contributed by atoms with Crippen LogP contribution in [0, 0.1) is 6.92 Å². The second-order valence-electron chi connectivity index (χ2n) is 5.63. The zero-order chi connectivity index (χ0) is 15.4. The third-order valence-electron chi connectivity index (χ3n) is 3.48. The minimum atomic E-state index is -0.400. The number of aldehydes is 1. The molecule has 0 bridgehead atoms. The molecule has 2 rings (SSSR count). The fourth-order valence-electron chi connectivity index (χ4n) is 2.52. The number of hydrogen-bond acceptors (Lipinski definition) is 4. The predicted octanol–water partition coefficient (Wildman–Crippen LogP) is 1.54. The number of ether oxygens (including phenoxy) is 1. The Morgan fingerprint density at radius 1 is 1.48 bits per heavy atom. The average molecular weight is 290 g/mol. The van der Waals surface area contributed by atoms with Crippen LogP contribution in [0.1, 0.15) is 29.8 Å². The summed E-state index contributed by atoms with van der Waals surface area (Å²) in [5, 5.41) is 2.91. The molecule has 1 aliphatic heterocycles. The normalized spacial score (nSPS) is 18.7. The molecule has 1 aromatic carbocycles. The van der Waals surface area contributed by atoms with Crippen molar-refractivity contribution in [3.8, 4) is 0 Å². The van der Waals surface area contributed by atoms with Crippen molar-refractivity contribution in [2.45, 2.75) is 32.9 Å². The van der Waals surface area contributed by atoms with Gasteiger partial charge in [-0.2, -0.15) is 0 Å². The quantitative estimate of drug-likeness (QED) is 0.855. The van der Waals surface area contributed by atoms with Gasteiger partial charge in [0.15, 0.2) is 6.29 Å². The molecule has 1 heterocycles. The summed E-state index contributed by atoms with van der Waals surface area (Å²) in [6.45, 7) is 7.28. The van der Waals surface area contributed by atoms with Crippen LogP contribution in [0.5, 0.6) is 0 Å². The van der Waals surface area contributed by atoms with Crippen molar-refractivity contribution in [3.05, 3.63) is 29.3 Å². The van der Waals surface area contributed by atoms with Crippen LogP contribution in [0.25, 0.3) is 0 Å². The zero-order valence-corrected chi connectivity index (χ0v) is 12.8. The molecule has 0 spiro atoms. The standard InChI is InChI=1S/C16H22N2O3/c1-11(2)17-16(20)15-10-21-7-6-18(15)14-5-4-12(3)8-13(14)9-19/h4-5,8-9,11,15H,6-7,10H2,1-3H3,(H,17,20). The number of anilines is 1. The van der Waals surface area contributed by atoms with Gasteiger partial charge in [-0.3, -0.25) is 9.59 Å². The van der Waals surface area contributed by atoms with E-state index in [9.17, 15) is 9.59 Å². The Morgan fingerprint density at radius 2 is 2.24 bits per heavy atom. The first-order valence-electron chi connectivity index (χ1n) is 7.23. The third kappa shape index (κ3) is 3.61. The summed E-state index contributed by atoms with van der Waals surface area (Å²) >= 11 is 0. The van der Waals surface area contributed by atoms with E-state index >= 15 is 0 Å². The molecule has 0 aliphatic carbocycles. The third-order valence-corrected chi connectivity index (χ3v) is 3.48. The highest BCUT2D eigenvalue weighted by molar-refractivity contribution is 5.90. The van der Waals surface area contributed by atoms with Crippen molar-refractivity contribution >= 4 is 17.9 Å². The average Bonchev–Trinajstić information content (AvgIpc) is 2.46. The Hall–Kier alpha value is -1.88. The molecule has 1 aromatic rings. The van der Waals surface area contributed by atoms with Gasteiger partial charge in [-0.05, 0) is 32.9 Å². The van der Waals surface area contributed by atoms with E-state index in [2.05, 4.69) is 5.32 Å². The zero-order valence-electron chi connectivity index (χ0n) is 12.8. The van der Waals surface area contributed by atoms with E-state index < -0.39 is 6.04 Å². The second kappa shape index (κ2) is 6.72. The van der Waals surface area contributed by atoms with E-state index in [1.54, 1.807) is 0 Å². The summed E-state index contributed by atoms with van der Waals surface area (Å²) < 4.78 is 5.44. The van der Waals surface area contributed by atoms with Crippen LogP contribution in [0.2, 0.25) is 0 Å². The van der Waals surface area contributed by atoms with Crippen molar-refractivity contribution in [3.63, 3.8) is 0 Å². The summed E-state index contributed by atoms with van der Waals surface area (Å²) in [5.74, 6) is -0.0675. The van der Waals surface area contributed by atoms with Gasteiger partial charge in [-0.25, -0.2) is 0 Å². The maximum Gasteiger partial charge on any atom is 0.245 e. The molecular weight excluding hydrogens is 268 g/mol. The Kier molecular flexibility index (Phi) is 4.96. The molecule has 1 saturated heterocycles. The number of amides is 1. The van der Waals surface area contributed by atoms with Gasteiger partial charge in [-0.1, -0.05) is 11.6 Å². The maximum absolute atomic E-state index is 12.3. The second-order valence-corrected chi connectivity index (χ2v) is 5.63. The lowest BCUT2D eigenvalue weighted by Gasteiger charge is -2.37. The molecule has 1 unspecified atom stereocenters. The van der Waals surface area contributed by atoms with Crippen LogP contribution in [-0.4, -0.2) is 44.0 Å². The Bertz CT molecular complexity index is 528. The van der Waals surface area contributed by atoms with Crippen molar-refractivity contribution in [1.82, 2.24) is 5.32 Å². The number of nitrogens with one attached hydrogen (secondary N) is 1. The number of aryl methyl sites for hydroxylation is 1. The van der Waals surface area contributed by atoms with E-state index in [0.717, 1.165) is 17.5 Å². The van der Waals surface area contributed by atoms with Crippen LogP contribution >= 0.6 is 0 Å². The van der Waals surface area contributed by atoms with Crippen LogP contribution in [0.3, 0.4) is 0 Å². The highest BCUT2D eigenvalue weighted by Crippen LogP contribution is 2.24. The minimum absolute atomic E-state index is 0.0675. The van der Waals surface area contributed by atoms with Crippen molar-refractivity contribution in [2.75, 3.05) is 24.7 Å². The van der Waals surface area contributed by atoms with Gasteiger partial charge in [-0.15, -0.1) is 0 Å². The fourth-order valence-corrected chi connectivity index (χ4v) is 2.52. The molecule has 1 aliphatic rings. The van der Waals surface area contributed by atoms with Crippen LogP contribution in [0.15, 0.2) is 18.2 Å². The lowest BCUT2D eigenvalue weighted by atomic mass is 10.1. The maximum atomic E-state index is 12.3. The summed E-state index contributed by atoms with van der Waals surface area (Å²) in [6.07, 6.45) is 0.842. The summed E-state index contributed by atoms with van der Waals surface area (Å²) in [5.41, 5.74) is 2.43. The largest absolute Gasteiger partial charge is 0.377 e. The first kappa shape index (κ1) is 15.5. The molecular formula is C16H22N2O3. The molecule has 1 N–H and O–H groups in total. The molecule has 1 atom stereocenters. The van der Waals surface area contributed by atoms with Crippen LogP contribution < -0.4 is 10.2 Å². The number of morpholine rings is 1. The number of hydrogen-bond donors (Lipinski definition) is 1. The lowest BCUT2D eigenvalue weighted by molar-refractivity contribution is -0.125. The smallest absolute Gasteiger partial charge is 0.245 e. The number of rotatable bonds is 4.